The molecular weight excluding hydrogens is 574 g/mol. The highest BCUT2D eigenvalue weighted by atomic mass is 79.9. The molecule has 0 amide bonds. The van der Waals surface area contributed by atoms with Gasteiger partial charge in [-0.15, -0.1) is 11.3 Å². The lowest BCUT2D eigenvalue weighted by molar-refractivity contribution is 0.669. The van der Waals surface area contributed by atoms with Crippen LogP contribution in [0.4, 0.5) is 17.1 Å². The summed E-state index contributed by atoms with van der Waals surface area (Å²) >= 11 is 5.68. The lowest BCUT2D eigenvalue weighted by Gasteiger charge is -2.26. The predicted octanol–water partition coefficient (Wildman–Crippen LogP) is 11.9. The molecule has 2 nitrogen and oxygen atoms in total. The number of rotatable bonds is 4. The fourth-order valence-corrected chi connectivity index (χ4v) is 7.29. The van der Waals surface area contributed by atoms with Crippen LogP contribution in [-0.2, 0) is 0 Å². The van der Waals surface area contributed by atoms with Crippen LogP contribution in [0.15, 0.2) is 142 Å². The Morgan fingerprint density at radius 1 is 0.525 bits per heavy atom. The number of para-hydroxylation sites is 1. The van der Waals surface area contributed by atoms with Crippen molar-refractivity contribution < 1.29 is 4.42 Å². The molecule has 0 aliphatic rings. The third kappa shape index (κ3) is 3.83. The average Bonchev–Trinajstić information content (AvgIpc) is 3.56. The van der Waals surface area contributed by atoms with Crippen LogP contribution in [-0.4, -0.2) is 0 Å². The maximum absolute atomic E-state index is 6.17. The number of thiophene rings is 1. The van der Waals surface area contributed by atoms with Crippen molar-refractivity contribution in [3.63, 3.8) is 0 Å². The molecule has 8 aromatic rings. The lowest BCUT2D eigenvalue weighted by Crippen LogP contribution is -2.10. The van der Waals surface area contributed by atoms with Gasteiger partial charge in [0.15, 0.2) is 0 Å². The monoisotopic (exact) mass is 595 g/mol. The van der Waals surface area contributed by atoms with E-state index in [1.165, 1.54) is 31.3 Å². The van der Waals surface area contributed by atoms with Crippen molar-refractivity contribution in [3.8, 4) is 11.1 Å². The number of fused-ring (bicyclic) bond motifs is 6. The van der Waals surface area contributed by atoms with Gasteiger partial charge in [-0.25, -0.2) is 0 Å². The molecule has 0 fully saturated rings. The molecule has 0 aliphatic heterocycles. The summed E-state index contributed by atoms with van der Waals surface area (Å²) in [7, 11) is 0. The van der Waals surface area contributed by atoms with Gasteiger partial charge in [0.1, 0.15) is 11.2 Å². The van der Waals surface area contributed by atoms with Crippen molar-refractivity contribution >= 4 is 86.4 Å². The summed E-state index contributed by atoms with van der Waals surface area (Å²) < 4.78 is 9.77. The second-order valence-corrected chi connectivity index (χ2v) is 11.9. The Balaban J connectivity index is 1.39. The van der Waals surface area contributed by atoms with Crippen LogP contribution in [0.2, 0.25) is 0 Å². The molecule has 0 radical (unpaired) electrons. The van der Waals surface area contributed by atoms with Crippen LogP contribution in [0, 0.1) is 0 Å². The molecule has 0 saturated carbocycles. The summed E-state index contributed by atoms with van der Waals surface area (Å²) in [6.07, 6.45) is 0. The van der Waals surface area contributed by atoms with Crippen molar-refractivity contribution in [2.75, 3.05) is 4.90 Å². The smallest absolute Gasteiger partial charge is 0.135 e. The van der Waals surface area contributed by atoms with Crippen molar-refractivity contribution in [2.45, 2.75) is 0 Å². The zero-order valence-corrected chi connectivity index (χ0v) is 23.7. The van der Waals surface area contributed by atoms with Crippen molar-refractivity contribution in [1.29, 1.82) is 0 Å². The molecule has 0 N–H and O–H groups in total. The summed E-state index contributed by atoms with van der Waals surface area (Å²) in [6.45, 7) is 0. The Hall–Kier alpha value is -4.38. The van der Waals surface area contributed by atoms with Gasteiger partial charge >= 0.3 is 0 Å². The first kappa shape index (κ1) is 23.5. The second-order valence-electron chi connectivity index (χ2n) is 9.93. The van der Waals surface area contributed by atoms with Crippen LogP contribution in [0.5, 0.6) is 0 Å². The number of hydrogen-bond donors (Lipinski definition) is 0. The Morgan fingerprint density at radius 2 is 1.20 bits per heavy atom. The van der Waals surface area contributed by atoms with E-state index in [1.54, 1.807) is 0 Å². The Bertz CT molecular complexity index is 2180. The van der Waals surface area contributed by atoms with E-state index in [0.29, 0.717) is 0 Å². The summed E-state index contributed by atoms with van der Waals surface area (Å²) in [5.41, 5.74) is 7.54. The molecular formula is C36H22BrNOS. The number of furan rings is 1. The quantitative estimate of drug-likeness (QED) is 0.201. The molecule has 2 heterocycles. The predicted molar refractivity (Wildman–Crippen MR) is 174 cm³/mol. The van der Waals surface area contributed by atoms with Gasteiger partial charge in [-0.2, -0.15) is 0 Å². The number of nitrogens with zero attached hydrogens (tertiary/aromatic N) is 1. The molecule has 0 atom stereocenters. The van der Waals surface area contributed by atoms with Crippen molar-refractivity contribution in [3.05, 3.63) is 138 Å². The summed E-state index contributed by atoms with van der Waals surface area (Å²) in [4.78, 5) is 2.37. The highest BCUT2D eigenvalue weighted by Crippen LogP contribution is 2.47. The molecule has 0 aliphatic carbocycles. The van der Waals surface area contributed by atoms with E-state index in [4.69, 9.17) is 4.42 Å². The van der Waals surface area contributed by atoms with E-state index in [9.17, 15) is 0 Å². The number of benzene rings is 6. The summed E-state index contributed by atoms with van der Waals surface area (Å²) in [5, 5.41) is 4.77. The minimum atomic E-state index is 0.894. The third-order valence-electron chi connectivity index (χ3n) is 7.52. The first-order valence-corrected chi connectivity index (χ1v) is 14.8. The largest absolute Gasteiger partial charge is 0.456 e. The minimum absolute atomic E-state index is 0.894. The maximum atomic E-state index is 6.17. The number of anilines is 3. The highest BCUT2D eigenvalue weighted by molar-refractivity contribution is 9.10. The Morgan fingerprint density at radius 3 is 2.05 bits per heavy atom. The Labute approximate surface area is 243 Å². The normalized spacial score (nSPS) is 11.6. The van der Waals surface area contributed by atoms with E-state index in [-0.39, 0.29) is 0 Å². The zero-order valence-electron chi connectivity index (χ0n) is 21.3. The zero-order chi connectivity index (χ0) is 26.6. The first-order chi connectivity index (χ1) is 19.7. The van der Waals surface area contributed by atoms with E-state index in [1.807, 2.05) is 23.5 Å². The SMILES string of the molecule is Brc1cc(N(c2ccc(-c3ccccc3)cc2)c2ccc3oc4ccccc4c3c2)c2sc3ccccc3c2c1. The molecule has 0 spiro atoms. The van der Waals surface area contributed by atoms with Crippen LogP contribution < -0.4 is 4.90 Å². The van der Waals surface area contributed by atoms with Gasteiger partial charge in [-0.3, -0.25) is 0 Å². The third-order valence-corrected chi connectivity index (χ3v) is 9.18. The first-order valence-electron chi connectivity index (χ1n) is 13.2. The van der Waals surface area contributed by atoms with Gasteiger partial charge < -0.3 is 9.32 Å². The molecule has 0 unspecified atom stereocenters. The topological polar surface area (TPSA) is 16.4 Å². The fourth-order valence-electron chi connectivity index (χ4n) is 5.65. The van der Waals surface area contributed by atoms with Gasteiger partial charge in [0.05, 0.1) is 10.4 Å². The standard InChI is InChI=1S/C36H22BrNOS/c37-25-20-31-29-11-5-7-13-35(29)40-36(31)32(21-25)38(26-16-14-24(15-17-26)23-8-2-1-3-9-23)27-18-19-34-30(22-27)28-10-4-6-12-33(28)39-34/h1-22H. The minimum Gasteiger partial charge on any atom is -0.456 e. The fraction of sp³-hybridized carbons (Fsp3) is 0. The molecule has 0 bridgehead atoms. The highest BCUT2D eigenvalue weighted by Gasteiger charge is 2.20. The number of halogens is 1. The van der Waals surface area contributed by atoms with Crippen LogP contribution in [0.3, 0.4) is 0 Å². The molecule has 4 heteroatoms. The maximum Gasteiger partial charge on any atom is 0.135 e. The molecule has 6 aromatic carbocycles. The van der Waals surface area contributed by atoms with E-state index >= 15 is 0 Å². The van der Waals surface area contributed by atoms with Gasteiger partial charge in [0, 0.05) is 42.1 Å². The van der Waals surface area contributed by atoms with E-state index in [0.717, 1.165) is 43.5 Å². The Kier molecular flexibility index (Phi) is 5.51. The van der Waals surface area contributed by atoms with E-state index in [2.05, 4.69) is 142 Å². The van der Waals surface area contributed by atoms with Gasteiger partial charge in [-0.1, -0.05) is 94.8 Å². The van der Waals surface area contributed by atoms with Crippen LogP contribution in [0.25, 0.3) is 53.2 Å². The van der Waals surface area contributed by atoms with Crippen LogP contribution >= 0.6 is 27.3 Å². The average molecular weight is 597 g/mol. The van der Waals surface area contributed by atoms with Crippen molar-refractivity contribution in [1.82, 2.24) is 0 Å². The molecule has 40 heavy (non-hydrogen) atoms. The van der Waals surface area contributed by atoms with Gasteiger partial charge in [0.2, 0.25) is 0 Å². The van der Waals surface area contributed by atoms with Crippen molar-refractivity contribution in [2.24, 2.45) is 0 Å². The number of hydrogen-bond acceptors (Lipinski definition) is 3. The van der Waals surface area contributed by atoms with Crippen LogP contribution in [0.1, 0.15) is 0 Å². The van der Waals surface area contributed by atoms with Gasteiger partial charge in [-0.05, 0) is 65.7 Å². The second kappa shape index (κ2) is 9.37. The molecule has 2 aromatic heterocycles. The van der Waals surface area contributed by atoms with E-state index < -0.39 is 0 Å². The van der Waals surface area contributed by atoms with Gasteiger partial charge in [0.25, 0.3) is 0 Å². The molecule has 8 rings (SSSR count). The molecule has 0 saturated heterocycles. The molecule has 190 valence electrons. The summed E-state index contributed by atoms with van der Waals surface area (Å²) in [5.74, 6) is 0. The lowest BCUT2D eigenvalue weighted by atomic mass is 10.0. The summed E-state index contributed by atoms with van der Waals surface area (Å²) in [6, 6.07) is 47.3.